The quantitative estimate of drug-likeness (QED) is 0.880. The lowest BCUT2D eigenvalue weighted by atomic mass is 9.91. The fraction of sp³-hybridized carbons (Fsp3) is 0.625. The number of alkyl halides is 3. The van der Waals surface area contributed by atoms with E-state index in [1.807, 2.05) is 13.8 Å². The molecule has 1 fully saturated rings. The first-order chi connectivity index (χ1) is 10.3. The maximum Gasteiger partial charge on any atom is 0.416 e. The van der Waals surface area contributed by atoms with Crippen molar-refractivity contribution >= 4 is 11.6 Å². The van der Waals surface area contributed by atoms with Crippen molar-refractivity contribution < 1.29 is 13.2 Å². The summed E-state index contributed by atoms with van der Waals surface area (Å²) in [5.74, 6) is 0.316. The van der Waals surface area contributed by atoms with Gasteiger partial charge < -0.3 is 5.32 Å². The summed E-state index contributed by atoms with van der Waals surface area (Å²) in [5.41, 5.74) is -0.267. The van der Waals surface area contributed by atoms with E-state index in [4.69, 9.17) is 11.6 Å². The molecule has 1 saturated heterocycles. The third-order valence-corrected chi connectivity index (χ3v) is 4.20. The molecule has 0 saturated carbocycles. The standard InChI is InChI=1S/C16H22ClF3N2/c1-11(2)9-15(22-7-5-21-6-8-22)13-4-3-12(17)10-14(13)16(18,19)20/h3-4,10-11,15,21H,5-9H2,1-2H3/t15-/m0/s1. The van der Waals surface area contributed by atoms with Crippen LogP contribution >= 0.6 is 11.6 Å². The molecule has 2 nitrogen and oxygen atoms in total. The smallest absolute Gasteiger partial charge is 0.314 e. The molecule has 1 aliphatic heterocycles. The second kappa shape index (κ2) is 7.20. The highest BCUT2D eigenvalue weighted by molar-refractivity contribution is 6.30. The minimum absolute atomic E-state index is 0.125. The van der Waals surface area contributed by atoms with Crippen LogP contribution in [0.25, 0.3) is 0 Å². The van der Waals surface area contributed by atoms with Crippen LogP contribution in [0.15, 0.2) is 18.2 Å². The number of hydrogen-bond acceptors (Lipinski definition) is 2. The molecule has 2 rings (SSSR count). The van der Waals surface area contributed by atoms with Crippen LogP contribution in [0.3, 0.4) is 0 Å². The zero-order valence-electron chi connectivity index (χ0n) is 12.9. The van der Waals surface area contributed by atoms with E-state index in [-0.39, 0.29) is 11.1 Å². The number of nitrogens with one attached hydrogen (secondary N) is 1. The first-order valence-corrected chi connectivity index (χ1v) is 7.98. The summed E-state index contributed by atoms with van der Waals surface area (Å²) in [6.45, 7) is 7.22. The molecule has 1 atom stereocenters. The van der Waals surface area contributed by atoms with Crippen molar-refractivity contribution in [3.8, 4) is 0 Å². The minimum Gasteiger partial charge on any atom is -0.314 e. The van der Waals surface area contributed by atoms with Gasteiger partial charge in [0, 0.05) is 37.2 Å². The van der Waals surface area contributed by atoms with Gasteiger partial charge >= 0.3 is 6.18 Å². The highest BCUT2D eigenvalue weighted by Gasteiger charge is 2.37. The topological polar surface area (TPSA) is 15.3 Å². The monoisotopic (exact) mass is 334 g/mol. The van der Waals surface area contributed by atoms with Crippen molar-refractivity contribution in [3.05, 3.63) is 34.3 Å². The highest BCUT2D eigenvalue weighted by atomic mass is 35.5. The summed E-state index contributed by atoms with van der Waals surface area (Å²) >= 11 is 5.80. The van der Waals surface area contributed by atoms with Gasteiger partial charge in [0.15, 0.2) is 0 Å². The molecule has 0 spiro atoms. The Morgan fingerprint density at radius 1 is 1.23 bits per heavy atom. The molecule has 6 heteroatoms. The minimum atomic E-state index is -4.39. The molecule has 1 aromatic rings. The third kappa shape index (κ3) is 4.37. The van der Waals surface area contributed by atoms with E-state index in [2.05, 4.69) is 10.2 Å². The maximum atomic E-state index is 13.4. The normalized spacial score (nSPS) is 18.7. The highest BCUT2D eigenvalue weighted by Crippen LogP contribution is 2.40. The van der Waals surface area contributed by atoms with Crippen molar-refractivity contribution in [1.29, 1.82) is 0 Å². The summed E-state index contributed by atoms with van der Waals surface area (Å²) in [5, 5.41) is 3.37. The molecule has 124 valence electrons. The number of nitrogens with zero attached hydrogens (tertiary/aromatic N) is 1. The molecule has 0 unspecified atom stereocenters. The van der Waals surface area contributed by atoms with Crippen molar-refractivity contribution in [1.82, 2.24) is 10.2 Å². The van der Waals surface area contributed by atoms with Crippen LogP contribution in [0.1, 0.15) is 37.4 Å². The Labute approximate surface area is 134 Å². The maximum absolute atomic E-state index is 13.4. The van der Waals surface area contributed by atoms with Crippen molar-refractivity contribution in [2.75, 3.05) is 26.2 Å². The molecule has 1 aliphatic rings. The molecule has 0 aliphatic carbocycles. The number of halogens is 4. The van der Waals surface area contributed by atoms with E-state index in [0.717, 1.165) is 32.2 Å². The number of hydrogen-bond donors (Lipinski definition) is 1. The second-order valence-electron chi connectivity index (χ2n) is 6.16. The van der Waals surface area contributed by atoms with Gasteiger partial charge in [-0.3, -0.25) is 4.90 Å². The third-order valence-electron chi connectivity index (χ3n) is 3.97. The predicted molar refractivity (Wildman–Crippen MR) is 83.1 cm³/mol. The first kappa shape index (κ1) is 17.6. The molecular formula is C16H22ClF3N2. The van der Waals surface area contributed by atoms with Crippen LogP contribution in [-0.2, 0) is 6.18 Å². The van der Waals surface area contributed by atoms with Gasteiger partial charge in [-0.25, -0.2) is 0 Å². The Hall–Kier alpha value is -0.780. The van der Waals surface area contributed by atoms with Crippen molar-refractivity contribution in [2.24, 2.45) is 5.92 Å². The van der Waals surface area contributed by atoms with Crippen molar-refractivity contribution in [2.45, 2.75) is 32.5 Å². The van der Waals surface area contributed by atoms with Gasteiger partial charge in [0.1, 0.15) is 0 Å². The molecular weight excluding hydrogens is 313 g/mol. The van der Waals surface area contributed by atoms with E-state index < -0.39 is 11.7 Å². The van der Waals surface area contributed by atoms with E-state index in [1.54, 1.807) is 12.1 Å². The van der Waals surface area contributed by atoms with E-state index in [9.17, 15) is 13.2 Å². The molecule has 1 heterocycles. The predicted octanol–water partition coefficient (Wildman–Crippen LogP) is 4.35. The molecule has 1 aromatic carbocycles. The van der Waals surface area contributed by atoms with Crippen molar-refractivity contribution in [3.63, 3.8) is 0 Å². The average molecular weight is 335 g/mol. The number of benzene rings is 1. The Bertz CT molecular complexity index is 497. The Morgan fingerprint density at radius 2 is 1.86 bits per heavy atom. The van der Waals surface area contributed by atoms with Crippen LogP contribution < -0.4 is 5.32 Å². The zero-order chi connectivity index (χ0) is 16.3. The molecule has 0 aromatic heterocycles. The van der Waals surface area contributed by atoms with Crippen LogP contribution in [-0.4, -0.2) is 31.1 Å². The summed E-state index contributed by atoms with van der Waals surface area (Å²) in [6.07, 6.45) is -3.69. The summed E-state index contributed by atoms with van der Waals surface area (Å²) in [6, 6.07) is 3.92. The zero-order valence-corrected chi connectivity index (χ0v) is 13.6. The average Bonchev–Trinajstić information content (AvgIpc) is 2.45. The van der Waals surface area contributed by atoms with Crippen LogP contribution in [0, 0.1) is 5.92 Å². The van der Waals surface area contributed by atoms with Gasteiger partial charge in [-0.2, -0.15) is 13.2 Å². The molecule has 0 amide bonds. The van der Waals surface area contributed by atoms with Gasteiger partial charge in [0.25, 0.3) is 0 Å². The number of rotatable bonds is 4. The summed E-state index contributed by atoms with van der Waals surface area (Å²) < 4.78 is 40.2. The number of piperazine rings is 1. The Kier molecular flexibility index (Phi) is 5.75. The molecule has 0 radical (unpaired) electrons. The van der Waals surface area contributed by atoms with Crippen LogP contribution in [0.5, 0.6) is 0 Å². The van der Waals surface area contributed by atoms with E-state index in [0.29, 0.717) is 17.9 Å². The van der Waals surface area contributed by atoms with Gasteiger partial charge in [-0.15, -0.1) is 0 Å². The Morgan fingerprint density at radius 3 is 2.41 bits per heavy atom. The SMILES string of the molecule is CC(C)C[C@@H](c1ccc(Cl)cc1C(F)(F)F)N1CCNCC1. The van der Waals surface area contributed by atoms with Gasteiger partial charge in [0.2, 0.25) is 0 Å². The fourth-order valence-corrected chi connectivity index (χ4v) is 3.15. The lowest BCUT2D eigenvalue weighted by molar-refractivity contribution is -0.138. The lowest BCUT2D eigenvalue weighted by Gasteiger charge is -2.37. The summed E-state index contributed by atoms with van der Waals surface area (Å²) in [4.78, 5) is 2.15. The van der Waals surface area contributed by atoms with E-state index >= 15 is 0 Å². The second-order valence-corrected chi connectivity index (χ2v) is 6.60. The Balaban J connectivity index is 2.42. The van der Waals surface area contributed by atoms with Gasteiger partial charge in [0.05, 0.1) is 5.56 Å². The van der Waals surface area contributed by atoms with E-state index in [1.165, 1.54) is 0 Å². The largest absolute Gasteiger partial charge is 0.416 e. The fourth-order valence-electron chi connectivity index (χ4n) is 2.98. The van der Waals surface area contributed by atoms with Gasteiger partial charge in [-0.1, -0.05) is 31.5 Å². The molecule has 1 N–H and O–H groups in total. The van der Waals surface area contributed by atoms with Gasteiger partial charge in [-0.05, 0) is 30.0 Å². The first-order valence-electron chi connectivity index (χ1n) is 7.60. The van der Waals surface area contributed by atoms with Crippen LogP contribution in [0.2, 0.25) is 5.02 Å². The lowest BCUT2D eigenvalue weighted by Crippen LogP contribution is -2.45. The summed E-state index contributed by atoms with van der Waals surface area (Å²) in [7, 11) is 0. The molecule has 22 heavy (non-hydrogen) atoms. The van der Waals surface area contributed by atoms with Crippen LogP contribution in [0.4, 0.5) is 13.2 Å². The molecule has 0 bridgehead atoms.